The molecule has 0 saturated carbocycles. The highest BCUT2D eigenvalue weighted by Crippen LogP contribution is 2.35. The molecule has 0 aliphatic carbocycles. The van der Waals surface area contributed by atoms with Gasteiger partial charge in [0.1, 0.15) is 11.5 Å². The third kappa shape index (κ3) is 2.07. The largest absolute Gasteiger partial charge is 0.495 e. The number of methoxy groups -OCH3 is 1. The molecule has 0 atom stereocenters. The first-order chi connectivity index (χ1) is 9.81. The van der Waals surface area contributed by atoms with Crippen LogP contribution >= 0.6 is 0 Å². The number of fused-ring (bicyclic) bond motifs is 1. The quantitative estimate of drug-likeness (QED) is 0.837. The highest BCUT2D eigenvalue weighted by molar-refractivity contribution is 6.28. The summed E-state index contributed by atoms with van der Waals surface area (Å²) in [4.78, 5) is 12.4. The zero-order chi connectivity index (χ0) is 13.9. The zero-order valence-electron chi connectivity index (χ0n) is 11.1. The van der Waals surface area contributed by atoms with Gasteiger partial charge in [-0.2, -0.15) is 0 Å². The Bertz CT molecular complexity index is 672. The second kappa shape index (κ2) is 5.21. The summed E-state index contributed by atoms with van der Waals surface area (Å²) < 4.78 is 11.1. The van der Waals surface area contributed by atoms with Crippen molar-refractivity contribution >= 4 is 17.1 Å². The number of hydrogen-bond donors (Lipinski definition) is 0. The van der Waals surface area contributed by atoms with Crippen LogP contribution in [0.3, 0.4) is 0 Å². The lowest BCUT2D eigenvalue weighted by Gasteiger charge is -2.11. The monoisotopic (exact) mass is 266 g/mol. The molecule has 3 rings (SSSR count). The van der Waals surface area contributed by atoms with Gasteiger partial charge >= 0.3 is 0 Å². The van der Waals surface area contributed by atoms with E-state index in [4.69, 9.17) is 9.47 Å². The first-order valence-corrected chi connectivity index (χ1v) is 6.40. The van der Waals surface area contributed by atoms with Crippen LogP contribution in [0.2, 0.25) is 0 Å². The van der Waals surface area contributed by atoms with E-state index >= 15 is 0 Å². The van der Waals surface area contributed by atoms with E-state index in [-0.39, 0.29) is 12.4 Å². The third-order valence-corrected chi connectivity index (χ3v) is 3.26. The van der Waals surface area contributed by atoms with E-state index in [9.17, 15) is 4.79 Å². The minimum absolute atomic E-state index is 0.0219. The minimum atomic E-state index is -0.0794. The summed E-state index contributed by atoms with van der Waals surface area (Å²) in [6.45, 7) is 0.0219. The summed E-state index contributed by atoms with van der Waals surface area (Å²) in [6, 6.07) is 17.1. The third-order valence-electron chi connectivity index (χ3n) is 3.26. The van der Waals surface area contributed by atoms with Crippen LogP contribution < -0.4 is 4.74 Å². The van der Waals surface area contributed by atoms with Gasteiger partial charge in [-0.1, -0.05) is 42.5 Å². The predicted octanol–water partition coefficient (Wildman–Crippen LogP) is 3.16. The summed E-state index contributed by atoms with van der Waals surface area (Å²) in [6.07, 6.45) is 0. The van der Waals surface area contributed by atoms with Gasteiger partial charge in [-0.15, -0.1) is 0 Å². The van der Waals surface area contributed by atoms with Gasteiger partial charge in [0.05, 0.1) is 18.2 Å². The van der Waals surface area contributed by atoms with Crippen molar-refractivity contribution in [2.75, 3.05) is 13.7 Å². The molecule has 3 nitrogen and oxygen atoms in total. The van der Waals surface area contributed by atoms with Crippen molar-refractivity contribution in [1.29, 1.82) is 0 Å². The van der Waals surface area contributed by atoms with E-state index in [0.717, 1.165) is 11.1 Å². The lowest BCUT2D eigenvalue weighted by molar-refractivity contribution is -0.115. The summed E-state index contributed by atoms with van der Waals surface area (Å²) in [5.41, 5.74) is 2.22. The Morgan fingerprint density at radius 3 is 2.45 bits per heavy atom. The van der Waals surface area contributed by atoms with Crippen molar-refractivity contribution in [2.45, 2.75) is 0 Å². The maximum atomic E-state index is 12.4. The van der Waals surface area contributed by atoms with E-state index in [0.29, 0.717) is 17.1 Å². The van der Waals surface area contributed by atoms with E-state index in [1.165, 1.54) is 0 Å². The minimum Gasteiger partial charge on any atom is -0.495 e. The van der Waals surface area contributed by atoms with Crippen LogP contribution in [-0.4, -0.2) is 19.5 Å². The van der Waals surface area contributed by atoms with Crippen LogP contribution in [0, 0.1) is 0 Å². The van der Waals surface area contributed by atoms with Gasteiger partial charge in [0, 0.05) is 0 Å². The van der Waals surface area contributed by atoms with Gasteiger partial charge in [-0.25, -0.2) is 0 Å². The highest BCUT2D eigenvalue weighted by atomic mass is 16.5. The first-order valence-electron chi connectivity index (χ1n) is 6.40. The Hall–Kier alpha value is -2.55. The molecular formula is C17H14O3. The molecule has 0 bridgehead atoms. The van der Waals surface area contributed by atoms with Crippen molar-refractivity contribution in [3.63, 3.8) is 0 Å². The van der Waals surface area contributed by atoms with E-state index in [1.54, 1.807) is 7.11 Å². The maximum absolute atomic E-state index is 12.4. The number of carbonyl (C=O) groups excluding carboxylic acids is 1. The molecule has 1 aliphatic heterocycles. The van der Waals surface area contributed by atoms with Gasteiger partial charge in [-0.3, -0.25) is 4.79 Å². The molecule has 0 N–H and O–H groups in total. The number of para-hydroxylation sites is 1. The molecule has 0 aromatic heterocycles. The van der Waals surface area contributed by atoms with Gasteiger partial charge in [-0.05, 0) is 17.7 Å². The van der Waals surface area contributed by atoms with Gasteiger partial charge < -0.3 is 9.47 Å². The summed E-state index contributed by atoms with van der Waals surface area (Å²) in [5.74, 6) is 1.15. The average Bonchev–Trinajstić information content (AvgIpc) is 2.65. The fraction of sp³-hybridized carbons (Fsp3) is 0.118. The fourth-order valence-electron chi connectivity index (χ4n) is 2.37. The summed E-state index contributed by atoms with van der Waals surface area (Å²) in [5, 5.41) is 0. The Kier molecular flexibility index (Phi) is 3.25. The number of benzene rings is 2. The van der Waals surface area contributed by atoms with Gasteiger partial charge in [0.15, 0.2) is 6.61 Å². The van der Waals surface area contributed by atoms with Crippen LogP contribution in [0.4, 0.5) is 0 Å². The number of Topliss-reactive ketones (excluding diaryl/α,β-unsaturated/α-hetero) is 1. The van der Waals surface area contributed by atoms with Crippen molar-refractivity contribution in [3.05, 3.63) is 65.7 Å². The van der Waals surface area contributed by atoms with E-state index in [1.807, 2.05) is 54.6 Å². The van der Waals surface area contributed by atoms with Gasteiger partial charge in [0.2, 0.25) is 5.78 Å². The molecule has 20 heavy (non-hydrogen) atoms. The standard InChI is InChI=1S/C17H14O3/c1-19-17-13-9-5-6-10-15(13)20-11-14(18)16(17)12-7-3-2-4-8-12/h2-10H,11H2,1H3. The smallest absolute Gasteiger partial charge is 0.204 e. The second-order valence-corrected chi connectivity index (χ2v) is 4.48. The van der Waals surface area contributed by atoms with Crippen molar-refractivity contribution in [2.24, 2.45) is 0 Å². The Balaban J connectivity index is 2.27. The number of rotatable bonds is 2. The molecule has 0 unspecified atom stereocenters. The molecule has 0 saturated heterocycles. The normalized spacial score (nSPS) is 14.3. The number of hydrogen-bond acceptors (Lipinski definition) is 3. The van der Waals surface area contributed by atoms with E-state index < -0.39 is 0 Å². The highest BCUT2D eigenvalue weighted by Gasteiger charge is 2.25. The molecule has 0 radical (unpaired) electrons. The average molecular weight is 266 g/mol. The first kappa shape index (κ1) is 12.5. The lowest BCUT2D eigenvalue weighted by Crippen LogP contribution is -2.12. The fourth-order valence-corrected chi connectivity index (χ4v) is 2.37. The topological polar surface area (TPSA) is 35.5 Å². The van der Waals surface area contributed by atoms with Crippen LogP contribution in [0.15, 0.2) is 54.6 Å². The molecule has 0 fully saturated rings. The maximum Gasteiger partial charge on any atom is 0.204 e. The Morgan fingerprint density at radius 2 is 1.70 bits per heavy atom. The predicted molar refractivity (Wildman–Crippen MR) is 77.2 cm³/mol. The number of ether oxygens (including phenoxy) is 2. The van der Waals surface area contributed by atoms with Crippen molar-refractivity contribution in [1.82, 2.24) is 0 Å². The SMILES string of the molecule is COC1=C(c2ccccc2)C(=O)COc2ccccc21. The molecule has 2 aromatic rings. The molecule has 0 amide bonds. The van der Waals surface area contributed by atoms with Crippen LogP contribution in [0.25, 0.3) is 11.3 Å². The van der Waals surface area contributed by atoms with Crippen LogP contribution in [0.5, 0.6) is 5.75 Å². The molecule has 100 valence electrons. The Morgan fingerprint density at radius 1 is 1.00 bits per heavy atom. The van der Waals surface area contributed by atoms with Gasteiger partial charge in [0.25, 0.3) is 0 Å². The molecule has 1 aliphatic rings. The molecule has 3 heteroatoms. The molecule has 1 heterocycles. The number of carbonyl (C=O) groups is 1. The van der Waals surface area contributed by atoms with E-state index in [2.05, 4.69) is 0 Å². The zero-order valence-corrected chi connectivity index (χ0v) is 11.1. The Labute approximate surface area is 117 Å². The second-order valence-electron chi connectivity index (χ2n) is 4.48. The molecular weight excluding hydrogens is 252 g/mol. The van der Waals surface area contributed by atoms with Crippen LogP contribution in [-0.2, 0) is 9.53 Å². The lowest BCUT2D eigenvalue weighted by atomic mass is 9.98. The summed E-state index contributed by atoms with van der Waals surface area (Å²) in [7, 11) is 1.58. The number of ketones is 1. The molecule has 2 aromatic carbocycles. The van der Waals surface area contributed by atoms with Crippen molar-refractivity contribution < 1.29 is 14.3 Å². The summed E-state index contributed by atoms with van der Waals surface area (Å²) >= 11 is 0. The van der Waals surface area contributed by atoms with Crippen LogP contribution in [0.1, 0.15) is 11.1 Å². The molecule has 0 spiro atoms. The van der Waals surface area contributed by atoms with Crippen molar-refractivity contribution in [3.8, 4) is 5.75 Å².